The maximum absolute atomic E-state index is 14.2. The summed E-state index contributed by atoms with van der Waals surface area (Å²) in [7, 11) is -3.84. The Hall–Kier alpha value is -2.75. The zero-order valence-corrected chi connectivity index (χ0v) is 14.4. The summed E-state index contributed by atoms with van der Waals surface area (Å²) in [5, 5.41) is 3.65. The van der Waals surface area contributed by atoms with Gasteiger partial charge >= 0.3 is 0 Å². The minimum Gasteiger partial charge on any atom is -0.233 e. The van der Waals surface area contributed by atoms with Gasteiger partial charge in [-0.2, -0.15) is 5.10 Å². The molecule has 0 spiro atoms. The number of sulfone groups is 1. The average Bonchev–Trinajstić information content (AvgIpc) is 2.98. The van der Waals surface area contributed by atoms with E-state index in [2.05, 4.69) is 5.10 Å². The zero-order valence-electron chi connectivity index (χ0n) is 13.6. The topological polar surface area (TPSA) is 52.0 Å². The Kier molecular flexibility index (Phi) is 4.77. The van der Waals surface area contributed by atoms with Crippen LogP contribution in [0.25, 0.3) is 16.9 Å². The number of alkyl halides is 2. The van der Waals surface area contributed by atoms with Gasteiger partial charge in [0.1, 0.15) is 28.0 Å². The summed E-state index contributed by atoms with van der Waals surface area (Å²) in [6, 6.07) is 6.25. The SMILES string of the molecule is CS(=O)(=O)c1ccc(-n2nc(C(F)F)cc2-c2cc(F)cc(F)c2)cc1F. The fraction of sp³-hybridized carbons (Fsp3) is 0.118. The predicted octanol–water partition coefficient (Wildman–Crippen LogP) is 4.30. The van der Waals surface area contributed by atoms with E-state index in [1.165, 1.54) is 0 Å². The summed E-state index contributed by atoms with van der Waals surface area (Å²) < 4.78 is 91.2. The van der Waals surface area contributed by atoms with Crippen LogP contribution in [0, 0.1) is 17.5 Å². The van der Waals surface area contributed by atoms with Crippen LogP contribution < -0.4 is 0 Å². The summed E-state index contributed by atoms with van der Waals surface area (Å²) >= 11 is 0. The lowest BCUT2D eigenvalue weighted by Crippen LogP contribution is -2.05. The van der Waals surface area contributed by atoms with E-state index in [4.69, 9.17) is 0 Å². The molecule has 1 aromatic heterocycles. The van der Waals surface area contributed by atoms with Crippen molar-refractivity contribution in [2.45, 2.75) is 11.3 Å². The molecule has 0 radical (unpaired) electrons. The number of aromatic nitrogens is 2. The van der Waals surface area contributed by atoms with Gasteiger partial charge in [0.05, 0.1) is 11.4 Å². The van der Waals surface area contributed by atoms with E-state index in [0.717, 1.165) is 47.3 Å². The first-order valence-electron chi connectivity index (χ1n) is 7.41. The normalized spacial score (nSPS) is 12.0. The highest BCUT2D eigenvalue weighted by molar-refractivity contribution is 7.90. The highest BCUT2D eigenvalue weighted by Gasteiger charge is 2.21. The van der Waals surface area contributed by atoms with Crippen LogP contribution in [0.4, 0.5) is 22.0 Å². The van der Waals surface area contributed by atoms with Crippen LogP contribution in [0.1, 0.15) is 12.1 Å². The first-order valence-corrected chi connectivity index (χ1v) is 9.30. The molecule has 1 heterocycles. The van der Waals surface area contributed by atoms with E-state index in [1.807, 2.05) is 0 Å². The van der Waals surface area contributed by atoms with Gasteiger partial charge in [-0.3, -0.25) is 0 Å². The Labute approximate surface area is 150 Å². The van der Waals surface area contributed by atoms with Crippen molar-refractivity contribution < 1.29 is 30.4 Å². The van der Waals surface area contributed by atoms with Gasteiger partial charge in [-0.1, -0.05) is 0 Å². The van der Waals surface area contributed by atoms with Crippen molar-refractivity contribution >= 4 is 9.84 Å². The van der Waals surface area contributed by atoms with Gasteiger partial charge in [0, 0.05) is 24.0 Å². The van der Waals surface area contributed by atoms with Crippen LogP contribution in [0.2, 0.25) is 0 Å². The molecule has 0 N–H and O–H groups in total. The number of nitrogens with zero attached hydrogens (tertiary/aromatic N) is 2. The molecule has 0 atom stereocenters. The zero-order chi connectivity index (χ0) is 19.9. The van der Waals surface area contributed by atoms with Gasteiger partial charge in [0.25, 0.3) is 6.43 Å². The van der Waals surface area contributed by atoms with Crippen molar-refractivity contribution in [1.82, 2.24) is 9.78 Å². The molecule has 0 saturated carbocycles. The number of halogens is 5. The first-order chi connectivity index (χ1) is 12.6. The van der Waals surface area contributed by atoms with Crippen molar-refractivity contribution in [3.63, 3.8) is 0 Å². The van der Waals surface area contributed by atoms with Gasteiger partial charge in [-0.25, -0.2) is 35.1 Å². The van der Waals surface area contributed by atoms with Crippen LogP contribution in [0.15, 0.2) is 47.4 Å². The summed E-state index contributed by atoms with van der Waals surface area (Å²) in [6.45, 7) is 0. The van der Waals surface area contributed by atoms with Gasteiger partial charge in [-0.05, 0) is 30.3 Å². The largest absolute Gasteiger partial charge is 0.282 e. The molecule has 0 bridgehead atoms. The van der Waals surface area contributed by atoms with E-state index in [1.54, 1.807) is 0 Å². The van der Waals surface area contributed by atoms with Crippen molar-refractivity contribution in [2.75, 3.05) is 6.26 Å². The van der Waals surface area contributed by atoms with Crippen LogP contribution in [-0.2, 0) is 9.84 Å². The van der Waals surface area contributed by atoms with Crippen LogP contribution in [0.3, 0.4) is 0 Å². The molecule has 10 heteroatoms. The van der Waals surface area contributed by atoms with Crippen molar-refractivity contribution in [2.24, 2.45) is 0 Å². The molecule has 27 heavy (non-hydrogen) atoms. The molecule has 4 nitrogen and oxygen atoms in total. The molecule has 2 aromatic carbocycles. The number of rotatable bonds is 4. The van der Waals surface area contributed by atoms with Crippen molar-refractivity contribution in [3.8, 4) is 16.9 Å². The molecule has 0 unspecified atom stereocenters. The molecular formula is C17H11F5N2O2S. The average molecular weight is 402 g/mol. The Morgan fingerprint density at radius 3 is 2.11 bits per heavy atom. The maximum atomic E-state index is 14.2. The lowest BCUT2D eigenvalue weighted by Gasteiger charge is -2.09. The molecule has 0 fully saturated rings. The van der Waals surface area contributed by atoms with E-state index < -0.39 is 44.3 Å². The van der Waals surface area contributed by atoms with Gasteiger partial charge < -0.3 is 0 Å². The van der Waals surface area contributed by atoms with Crippen molar-refractivity contribution in [3.05, 3.63) is 65.6 Å². The fourth-order valence-corrected chi connectivity index (χ4v) is 3.26. The summed E-state index contributed by atoms with van der Waals surface area (Å²) in [5.74, 6) is -2.98. The Morgan fingerprint density at radius 1 is 0.963 bits per heavy atom. The summed E-state index contributed by atoms with van der Waals surface area (Å²) in [6.07, 6.45) is -2.17. The fourth-order valence-electron chi connectivity index (χ4n) is 2.53. The predicted molar refractivity (Wildman–Crippen MR) is 86.9 cm³/mol. The second-order valence-electron chi connectivity index (χ2n) is 5.71. The van der Waals surface area contributed by atoms with E-state index in [0.29, 0.717) is 6.07 Å². The van der Waals surface area contributed by atoms with Gasteiger partial charge in [-0.15, -0.1) is 0 Å². The minimum absolute atomic E-state index is 0.0912. The van der Waals surface area contributed by atoms with Gasteiger partial charge in [0.15, 0.2) is 9.84 Å². The molecule has 0 aliphatic carbocycles. The standard InChI is InChI=1S/C17H11F5N2O2S/c1-27(25,26)16-3-2-12(7-13(16)20)24-15(8-14(23-24)17(21)22)9-4-10(18)6-11(19)5-9/h2-8,17H,1H3. The van der Waals surface area contributed by atoms with Gasteiger partial charge in [0.2, 0.25) is 0 Å². The third-order valence-electron chi connectivity index (χ3n) is 3.67. The lowest BCUT2D eigenvalue weighted by atomic mass is 10.1. The molecule has 142 valence electrons. The highest BCUT2D eigenvalue weighted by atomic mass is 32.2. The minimum atomic E-state index is -3.84. The Morgan fingerprint density at radius 2 is 1.59 bits per heavy atom. The molecule has 0 amide bonds. The molecule has 0 aliphatic heterocycles. The van der Waals surface area contributed by atoms with Crippen molar-refractivity contribution in [1.29, 1.82) is 0 Å². The molecular weight excluding hydrogens is 391 g/mol. The molecule has 0 saturated heterocycles. The molecule has 3 rings (SSSR count). The summed E-state index contributed by atoms with van der Waals surface area (Å²) in [4.78, 5) is -0.578. The lowest BCUT2D eigenvalue weighted by molar-refractivity contribution is 0.145. The molecule has 0 aliphatic rings. The third kappa shape index (κ3) is 3.85. The second kappa shape index (κ2) is 6.76. The first kappa shape index (κ1) is 19.0. The Bertz CT molecular complexity index is 1110. The monoisotopic (exact) mass is 402 g/mol. The van der Waals surface area contributed by atoms with Crippen LogP contribution >= 0.6 is 0 Å². The maximum Gasteiger partial charge on any atom is 0.282 e. The number of hydrogen-bond donors (Lipinski definition) is 0. The highest BCUT2D eigenvalue weighted by Crippen LogP contribution is 2.30. The summed E-state index contributed by atoms with van der Waals surface area (Å²) in [5.41, 5.74) is -0.997. The Balaban J connectivity index is 2.22. The number of hydrogen-bond acceptors (Lipinski definition) is 3. The second-order valence-corrected chi connectivity index (χ2v) is 7.70. The quantitative estimate of drug-likeness (QED) is 0.612. The molecule has 3 aromatic rings. The third-order valence-corrected chi connectivity index (χ3v) is 4.80. The van der Waals surface area contributed by atoms with Crippen LogP contribution in [0.5, 0.6) is 0 Å². The van der Waals surface area contributed by atoms with Crippen LogP contribution in [-0.4, -0.2) is 24.5 Å². The van der Waals surface area contributed by atoms with E-state index in [-0.39, 0.29) is 16.9 Å². The van der Waals surface area contributed by atoms with E-state index in [9.17, 15) is 30.4 Å². The number of benzene rings is 2. The van der Waals surface area contributed by atoms with E-state index >= 15 is 0 Å². The smallest absolute Gasteiger partial charge is 0.233 e.